The minimum atomic E-state index is -1.05. The van der Waals surface area contributed by atoms with Crippen molar-refractivity contribution in [3.05, 3.63) is 10.6 Å². The summed E-state index contributed by atoms with van der Waals surface area (Å²) in [5, 5.41) is 24.9. The van der Waals surface area contributed by atoms with Crippen LogP contribution in [0.2, 0.25) is 0 Å². The molecule has 6 nitrogen and oxygen atoms in total. The van der Waals surface area contributed by atoms with Gasteiger partial charge in [0.25, 0.3) is 5.91 Å². The van der Waals surface area contributed by atoms with Crippen LogP contribution in [0.25, 0.3) is 0 Å². The van der Waals surface area contributed by atoms with E-state index in [-0.39, 0.29) is 24.5 Å². The second kappa shape index (κ2) is 5.29. The van der Waals surface area contributed by atoms with Gasteiger partial charge < -0.3 is 15.5 Å². The largest absolute Gasteiger partial charge is 0.394 e. The first-order valence-corrected chi connectivity index (χ1v) is 6.38. The van der Waals surface area contributed by atoms with Crippen LogP contribution in [0.15, 0.2) is 0 Å². The zero-order chi connectivity index (χ0) is 14.0. The van der Waals surface area contributed by atoms with Crippen LogP contribution in [0.4, 0.5) is 0 Å². The van der Waals surface area contributed by atoms with Gasteiger partial charge in [0.15, 0.2) is 0 Å². The molecule has 1 heterocycles. The van der Waals surface area contributed by atoms with Crippen molar-refractivity contribution >= 4 is 17.4 Å². The lowest BCUT2D eigenvalue weighted by molar-refractivity contribution is 0.0725. The van der Waals surface area contributed by atoms with Gasteiger partial charge in [0, 0.05) is 5.41 Å². The van der Waals surface area contributed by atoms with Crippen molar-refractivity contribution in [2.45, 2.75) is 38.6 Å². The van der Waals surface area contributed by atoms with E-state index in [1.54, 1.807) is 6.92 Å². The van der Waals surface area contributed by atoms with Gasteiger partial charge in [-0.25, -0.2) is 0 Å². The Labute approximate surface area is 110 Å². The van der Waals surface area contributed by atoms with Gasteiger partial charge in [-0.15, -0.1) is 5.10 Å². The highest BCUT2D eigenvalue weighted by atomic mass is 32.1. The summed E-state index contributed by atoms with van der Waals surface area (Å²) in [4.78, 5) is 12.5. The predicted molar refractivity (Wildman–Crippen MR) is 68.7 cm³/mol. The van der Waals surface area contributed by atoms with Crippen LogP contribution in [-0.4, -0.2) is 44.5 Å². The summed E-state index contributed by atoms with van der Waals surface area (Å²) in [5.74, 6) is -0.375. The number of nitrogens with one attached hydrogen (secondary N) is 1. The molecular weight excluding hydrogens is 254 g/mol. The fraction of sp³-hybridized carbons (Fsp3) is 0.727. The number of nitrogens with zero attached hydrogens (tertiary/aromatic N) is 2. The van der Waals surface area contributed by atoms with Crippen LogP contribution in [-0.2, 0) is 5.41 Å². The molecule has 1 rings (SSSR count). The summed E-state index contributed by atoms with van der Waals surface area (Å²) in [6.45, 7) is 6.71. The average Bonchev–Trinajstić information content (AvgIpc) is 2.77. The summed E-state index contributed by atoms with van der Waals surface area (Å²) in [5.41, 5.74) is -0.715. The first-order chi connectivity index (χ1) is 8.23. The monoisotopic (exact) mass is 273 g/mol. The zero-order valence-corrected chi connectivity index (χ0v) is 11.8. The molecule has 0 spiro atoms. The van der Waals surface area contributed by atoms with Crippen molar-refractivity contribution in [2.75, 3.05) is 13.2 Å². The summed E-state index contributed by atoms with van der Waals surface area (Å²) in [7, 11) is 0. The molecule has 1 aromatic heterocycles. The maximum Gasteiger partial charge on any atom is 0.265 e. The van der Waals surface area contributed by atoms with E-state index in [1.165, 1.54) is 0 Å². The SMILES string of the molecule is CC(CO)(CO)NC(=O)c1snnc1C(C)(C)C. The first kappa shape index (κ1) is 15.0. The minimum absolute atomic E-state index is 0.283. The lowest BCUT2D eigenvalue weighted by atomic mass is 9.91. The van der Waals surface area contributed by atoms with Crippen LogP contribution in [0.1, 0.15) is 43.1 Å². The van der Waals surface area contributed by atoms with Crippen LogP contribution >= 0.6 is 11.5 Å². The Morgan fingerprint density at radius 1 is 1.28 bits per heavy atom. The van der Waals surface area contributed by atoms with Gasteiger partial charge in [-0.2, -0.15) is 0 Å². The molecule has 0 atom stereocenters. The van der Waals surface area contributed by atoms with Crippen molar-refractivity contribution < 1.29 is 15.0 Å². The quantitative estimate of drug-likeness (QED) is 0.734. The van der Waals surface area contributed by atoms with Crippen LogP contribution in [0.5, 0.6) is 0 Å². The van der Waals surface area contributed by atoms with Crippen molar-refractivity contribution in [1.29, 1.82) is 0 Å². The molecule has 0 saturated carbocycles. The van der Waals surface area contributed by atoms with E-state index in [2.05, 4.69) is 14.9 Å². The van der Waals surface area contributed by atoms with Gasteiger partial charge in [-0.1, -0.05) is 25.3 Å². The van der Waals surface area contributed by atoms with Gasteiger partial charge in [0.1, 0.15) is 4.88 Å². The predicted octanol–water partition coefficient (Wildman–Crippen LogP) is 0.309. The molecule has 7 heteroatoms. The summed E-state index contributed by atoms with van der Waals surface area (Å²) in [6, 6.07) is 0. The van der Waals surface area contributed by atoms with Crippen LogP contribution in [0.3, 0.4) is 0 Å². The molecule has 102 valence electrons. The summed E-state index contributed by atoms with van der Waals surface area (Å²) in [6.07, 6.45) is 0. The lowest BCUT2D eigenvalue weighted by Gasteiger charge is -2.26. The molecule has 0 aliphatic rings. The molecule has 0 aliphatic heterocycles. The topological polar surface area (TPSA) is 95.3 Å². The molecule has 0 aromatic carbocycles. The molecule has 0 bridgehead atoms. The zero-order valence-electron chi connectivity index (χ0n) is 11.0. The van der Waals surface area contributed by atoms with Crippen molar-refractivity contribution in [3.63, 3.8) is 0 Å². The number of rotatable bonds is 4. The minimum Gasteiger partial charge on any atom is -0.394 e. The van der Waals surface area contributed by atoms with E-state index in [1.807, 2.05) is 20.8 Å². The number of carbonyl (C=O) groups is 1. The fourth-order valence-electron chi connectivity index (χ4n) is 1.29. The van der Waals surface area contributed by atoms with Gasteiger partial charge in [-0.05, 0) is 18.5 Å². The number of hydrogen-bond donors (Lipinski definition) is 3. The number of amides is 1. The van der Waals surface area contributed by atoms with Crippen molar-refractivity contribution in [3.8, 4) is 0 Å². The molecule has 18 heavy (non-hydrogen) atoms. The third kappa shape index (κ3) is 3.24. The van der Waals surface area contributed by atoms with Crippen LogP contribution < -0.4 is 5.32 Å². The molecule has 0 unspecified atom stereocenters. The number of carbonyl (C=O) groups excluding carboxylic acids is 1. The normalized spacial score (nSPS) is 12.6. The molecule has 1 amide bonds. The molecule has 0 saturated heterocycles. The summed E-state index contributed by atoms with van der Waals surface area (Å²) >= 11 is 1.01. The second-order valence-corrected chi connectivity index (χ2v) is 6.29. The Hall–Kier alpha value is -1.05. The fourth-order valence-corrected chi connectivity index (χ4v) is 2.06. The van der Waals surface area contributed by atoms with Crippen molar-refractivity contribution in [2.24, 2.45) is 0 Å². The van der Waals surface area contributed by atoms with Crippen molar-refractivity contribution in [1.82, 2.24) is 14.9 Å². The standard InChI is InChI=1S/C11H19N3O3S/c1-10(2,3)8-7(18-14-13-8)9(17)12-11(4,5-15)6-16/h15-16H,5-6H2,1-4H3,(H,12,17). The molecule has 3 N–H and O–H groups in total. The molecule has 0 radical (unpaired) electrons. The molecular formula is C11H19N3O3S. The Balaban J connectivity index is 2.96. The van der Waals surface area contributed by atoms with E-state index in [0.717, 1.165) is 11.5 Å². The highest BCUT2D eigenvalue weighted by Crippen LogP contribution is 2.26. The Kier molecular flexibility index (Phi) is 4.41. The maximum atomic E-state index is 12.1. The molecule has 1 aromatic rings. The van der Waals surface area contributed by atoms with E-state index in [4.69, 9.17) is 10.2 Å². The Morgan fingerprint density at radius 3 is 2.28 bits per heavy atom. The Morgan fingerprint density at radius 2 is 1.83 bits per heavy atom. The van der Waals surface area contributed by atoms with E-state index < -0.39 is 5.54 Å². The van der Waals surface area contributed by atoms with Gasteiger partial charge in [-0.3, -0.25) is 4.79 Å². The van der Waals surface area contributed by atoms with E-state index in [0.29, 0.717) is 10.6 Å². The summed E-state index contributed by atoms with van der Waals surface area (Å²) < 4.78 is 3.80. The molecule has 0 fully saturated rings. The highest BCUT2D eigenvalue weighted by molar-refractivity contribution is 7.08. The average molecular weight is 273 g/mol. The lowest BCUT2D eigenvalue weighted by Crippen LogP contribution is -2.51. The molecule has 0 aliphatic carbocycles. The maximum absolute atomic E-state index is 12.1. The third-order valence-corrected chi connectivity index (χ3v) is 3.24. The Bertz CT molecular complexity index is 421. The first-order valence-electron chi connectivity index (χ1n) is 5.60. The number of aliphatic hydroxyl groups is 2. The highest BCUT2D eigenvalue weighted by Gasteiger charge is 2.30. The van der Waals surface area contributed by atoms with E-state index >= 15 is 0 Å². The van der Waals surface area contributed by atoms with Gasteiger partial charge in [0.05, 0.1) is 24.4 Å². The van der Waals surface area contributed by atoms with E-state index in [9.17, 15) is 4.79 Å². The number of aromatic nitrogens is 2. The van der Waals surface area contributed by atoms with Gasteiger partial charge >= 0.3 is 0 Å². The van der Waals surface area contributed by atoms with Gasteiger partial charge in [0.2, 0.25) is 0 Å². The number of hydrogen-bond acceptors (Lipinski definition) is 6. The second-order valence-electron chi connectivity index (χ2n) is 5.53. The number of aliphatic hydroxyl groups excluding tert-OH is 2. The smallest absolute Gasteiger partial charge is 0.265 e. The third-order valence-electron chi connectivity index (χ3n) is 2.52. The van der Waals surface area contributed by atoms with Crippen LogP contribution in [0, 0.1) is 0 Å².